The van der Waals surface area contributed by atoms with E-state index in [4.69, 9.17) is 11.6 Å². The van der Waals surface area contributed by atoms with Crippen LogP contribution in [-0.4, -0.2) is 19.3 Å². The average molecular weight is 289 g/mol. The third kappa shape index (κ3) is 2.28. The van der Waals surface area contributed by atoms with Gasteiger partial charge in [-0.1, -0.05) is 11.6 Å². The van der Waals surface area contributed by atoms with E-state index in [0.29, 0.717) is 17.1 Å². The third-order valence-electron chi connectivity index (χ3n) is 3.21. The first kappa shape index (κ1) is 12.7. The molecule has 0 bridgehead atoms. The van der Waals surface area contributed by atoms with Gasteiger partial charge in [0.25, 0.3) is 5.56 Å². The molecule has 2 heterocycles. The van der Waals surface area contributed by atoms with Gasteiger partial charge < -0.3 is 4.57 Å². The summed E-state index contributed by atoms with van der Waals surface area (Å²) >= 11 is 5.86. The fourth-order valence-corrected chi connectivity index (χ4v) is 2.18. The molecule has 0 aliphatic heterocycles. The Bertz CT molecular complexity index is 769. The maximum Gasteiger partial charge on any atom is 0.274 e. The van der Waals surface area contributed by atoms with Crippen LogP contribution in [0, 0.1) is 6.92 Å². The van der Waals surface area contributed by atoms with Crippen molar-refractivity contribution in [2.45, 2.75) is 13.5 Å². The lowest BCUT2D eigenvalue weighted by Gasteiger charge is -2.03. The van der Waals surface area contributed by atoms with Crippen molar-refractivity contribution in [2.24, 2.45) is 0 Å². The first-order valence-electron chi connectivity index (χ1n) is 6.17. The Morgan fingerprint density at radius 2 is 2.05 bits per heavy atom. The number of nitrogens with one attached hydrogen (secondary N) is 1. The largest absolute Gasteiger partial charge is 0.332 e. The first-order valence-corrected chi connectivity index (χ1v) is 6.55. The number of aromatic amines is 1. The number of imidazole rings is 1. The van der Waals surface area contributed by atoms with E-state index in [1.807, 2.05) is 17.7 Å². The molecule has 0 fully saturated rings. The molecule has 0 atom stereocenters. The Morgan fingerprint density at radius 1 is 1.30 bits per heavy atom. The smallest absolute Gasteiger partial charge is 0.274 e. The number of aromatic nitrogens is 4. The Kier molecular flexibility index (Phi) is 3.20. The number of hydrogen-bond donors (Lipinski definition) is 1. The van der Waals surface area contributed by atoms with Crippen LogP contribution in [0.2, 0.25) is 5.02 Å². The topological polar surface area (TPSA) is 55.6 Å². The molecule has 1 aromatic carbocycles. The van der Waals surface area contributed by atoms with Gasteiger partial charge in [0.05, 0.1) is 24.3 Å². The van der Waals surface area contributed by atoms with E-state index in [-0.39, 0.29) is 5.56 Å². The molecule has 102 valence electrons. The molecule has 1 N–H and O–H groups in total. The van der Waals surface area contributed by atoms with Crippen molar-refractivity contribution >= 4 is 11.6 Å². The molecule has 20 heavy (non-hydrogen) atoms. The van der Waals surface area contributed by atoms with Crippen LogP contribution in [-0.2, 0) is 6.54 Å². The van der Waals surface area contributed by atoms with E-state index in [1.165, 1.54) is 4.68 Å². The Balaban J connectivity index is 2.01. The summed E-state index contributed by atoms with van der Waals surface area (Å²) in [6, 6.07) is 7.13. The molecule has 0 unspecified atom stereocenters. The van der Waals surface area contributed by atoms with Crippen molar-refractivity contribution in [1.82, 2.24) is 19.3 Å². The monoisotopic (exact) mass is 288 g/mol. The molecule has 3 rings (SSSR count). The van der Waals surface area contributed by atoms with Gasteiger partial charge in [-0.25, -0.2) is 9.67 Å². The number of halogens is 1. The molecule has 3 aromatic rings. The Hall–Kier alpha value is -2.27. The zero-order chi connectivity index (χ0) is 14.1. The molecule has 5 nitrogen and oxygen atoms in total. The van der Waals surface area contributed by atoms with E-state index in [9.17, 15) is 4.79 Å². The lowest BCUT2D eigenvalue weighted by molar-refractivity contribution is 0.738. The normalized spacial score (nSPS) is 10.9. The fourth-order valence-electron chi connectivity index (χ4n) is 2.06. The van der Waals surface area contributed by atoms with Gasteiger partial charge >= 0.3 is 0 Å². The highest BCUT2D eigenvalue weighted by Crippen LogP contribution is 2.13. The standard InChI is InChI=1S/C14H13ClN4O/c1-10-13(8-18-7-6-16-9-18)17-19(14(10)20)12-4-2-11(15)3-5-12/h2-7,9,17H,8H2,1H3. The lowest BCUT2D eigenvalue weighted by atomic mass is 10.2. The lowest BCUT2D eigenvalue weighted by Crippen LogP contribution is -2.15. The molecular formula is C14H13ClN4O. The summed E-state index contributed by atoms with van der Waals surface area (Å²) in [5, 5.41) is 3.78. The number of H-pyrrole nitrogens is 1. The molecule has 0 saturated heterocycles. The van der Waals surface area contributed by atoms with Crippen LogP contribution in [0.25, 0.3) is 5.69 Å². The van der Waals surface area contributed by atoms with Gasteiger partial charge in [-0.15, -0.1) is 0 Å². The van der Waals surface area contributed by atoms with Crippen molar-refractivity contribution in [3.63, 3.8) is 0 Å². The maximum absolute atomic E-state index is 12.3. The summed E-state index contributed by atoms with van der Waals surface area (Å²) in [6.07, 6.45) is 5.29. The maximum atomic E-state index is 12.3. The van der Waals surface area contributed by atoms with Crippen molar-refractivity contribution in [3.05, 3.63) is 69.6 Å². The zero-order valence-electron chi connectivity index (χ0n) is 10.9. The number of hydrogen-bond acceptors (Lipinski definition) is 2. The summed E-state index contributed by atoms with van der Waals surface area (Å²) in [5.74, 6) is 0. The summed E-state index contributed by atoms with van der Waals surface area (Å²) < 4.78 is 3.43. The van der Waals surface area contributed by atoms with Crippen LogP contribution < -0.4 is 5.56 Å². The molecule has 0 aliphatic carbocycles. The zero-order valence-corrected chi connectivity index (χ0v) is 11.6. The second-order valence-electron chi connectivity index (χ2n) is 4.57. The molecule has 0 spiro atoms. The summed E-state index contributed by atoms with van der Waals surface area (Å²) in [5.41, 5.74) is 2.28. The van der Waals surface area contributed by atoms with Crippen LogP contribution >= 0.6 is 11.6 Å². The highest BCUT2D eigenvalue weighted by Gasteiger charge is 2.11. The quantitative estimate of drug-likeness (QED) is 0.804. The van der Waals surface area contributed by atoms with Crippen molar-refractivity contribution in [1.29, 1.82) is 0 Å². The van der Waals surface area contributed by atoms with Gasteiger partial charge in [0.15, 0.2) is 0 Å². The predicted molar refractivity (Wildman–Crippen MR) is 77.5 cm³/mol. The van der Waals surface area contributed by atoms with Crippen LogP contribution in [0.3, 0.4) is 0 Å². The number of benzene rings is 1. The highest BCUT2D eigenvalue weighted by molar-refractivity contribution is 6.30. The molecule has 2 aromatic heterocycles. The Morgan fingerprint density at radius 3 is 2.70 bits per heavy atom. The van der Waals surface area contributed by atoms with Gasteiger partial charge in [-0.2, -0.15) is 0 Å². The second kappa shape index (κ2) is 5.02. The minimum absolute atomic E-state index is 0.0533. The van der Waals surface area contributed by atoms with Gasteiger partial charge in [0, 0.05) is 23.0 Å². The minimum atomic E-state index is -0.0533. The van der Waals surface area contributed by atoms with Crippen molar-refractivity contribution in [3.8, 4) is 5.69 Å². The molecule has 0 saturated carbocycles. The van der Waals surface area contributed by atoms with Crippen LogP contribution in [0.4, 0.5) is 0 Å². The molecule has 0 aliphatic rings. The summed E-state index contributed by atoms with van der Waals surface area (Å²) in [7, 11) is 0. The SMILES string of the molecule is Cc1c(Cn2ccnc2)[nH]n(-c2ccc(Cl)cc2)c1=O. The van der Waals surface area contributed by atoms with E-state index in [0.717, 1.165) is 11.4 Å². The van der Waals surface area contributed by atoms with Gasteiger partial charge in [0.1, 0.15) is 0 Å². The van der Waals surface area contributed by atoms with Crippen LogP contribution in [0.1, 0.15) is 11.3 Å². The minimum Gasteiger partial charge on any atom is -0.332 e. The molecule has 6 heteroatoms. The van der Waals surface area contributed by atoms with Crippen molar-refractivity contribution < 1.29 is 0 Å². The van der Waals surface area contributed by atoms with E-state index in [2.05, 4.69) is 10.1 Å². The van der Waals surface area contributed by atoms with E-state index < -0.39 is 0 Å². The van der Waals surface area contributed by atoms with Gasteiger partial charge in [-0.05, 0) is 31.2 Å². The van der Waals surface area contributed by atoms with Crippen molar-refractivity contribution in [2.75, 3.05) is 0 Å². The predicted octanol–water partition coefficient (Wildman–Crippen LogP) is 2.37. The molecule has 0 amide bonds. The van der Waals surface area contributed by atoms with E-state index in [1.54, 1.807) is 36.8 Å². The van der Waals surface area contributed by atoms with E-state index >= 15 is 0 Å². The third-order valence-corrected chi connectivity index (χ3v) is 3.46. The number of rotatable bonds is 3. The van der Waals surface area contributed by atoms with Crippen LogP contribution in [0.5, 0.6) is 0 Å². The number of nitrogens with zero attached hydrogens (tertiary/aromatic N) is 3. The van der Waals surface area contributed by atoms with Gasteiger partial charge in [0.2, 0.25) is 0 Å². The Labute approximate surface area is 120 Å². The highest BCUT2D eigenvalue weighted by atomic mass is 35.5. The molecular weight excluding hydrogens is 276 g/mol. The molecule has 0 radical (unpaired) electrons. The first-order chi connectivity index (χ1) is 9.65. The summed E-state index contributed by atoms with van der Waals surface area (Å²) in [6.45, 7) is 2.40. The van der Waals surface area contributed by atoms with Gasteiger partial charge in [-0.3, -0.25) is 9.89 Å². The fraction of sp³-hybridized carbons (Fsp3) is 0.143. The van der Waals surface area contributed by atoms with Crippen LogP contribution in [0.15, 0.2) is 47.8 Å². The average Bonchev–Trinajstić information content (AvgIpc) is 3.04. The summed E-state index contributed by atoms with van der Waals surface area (Å²) in [4.78, 5) is 16.3. The second-order valence-corrected chi connectivity index (χ2v) is 5.00.